The number of rotatable bonds is 2. The molecule has 2 aromatic rings. The van der Waals surface area contributed by atoms with Crippen LogP contribution in [0.3, 0.4) is 0 Å². The summed E-state index contributed by atoms with van der Waals surface area (Å²) in [4.78, 5) is 21.2. The molecular formula is C15H16N4O. The Morgan fingerprint density at radius 3 is 3.05 bits per heavy atom. The smallest absolute Gasteiger partial charge is 0.236 e. The number of nitrogens with one attached hydrogen (secondary N) is 1. The van der Waals surface area contributed by atoms with Crippen LogP contribution in [0.4, 0.5) is 0 Å². The number of likely N-dealkylation sites (tertiary alicyclic amines) is 1. The first kappa shape index (κ1) is 12.7. The summed E-state index contributed by atoms with van der Waals surface area (Å²) in [5, 5.41) is 8.58. The number of fused-ring (bicyclic) bond motifs is 1. The van der Waals surface area contributed by atoms with Crippen molar-refractivity contribution in [3.8, 4) is 6.07 Å². The second kappa shape index (κ2) is 5.33. The van der Waals surface area contributed by atoms with Crippen molar-refractivity contribution in [1.29, 1.82) is 5.26 Å². The number of amides is 1. The molecule has 1 aliphatic rings. The fourth-order valence-electron chi connectivity index (χ4n) is 2.91. The molecule has 0 atom stereocenters. The van der Waals surface area contributed by atoms with Crippen molar-refractivity contribution in [3.63, 3.8) is 0 Å². The minimum Gasteiger partial charge on any atom is -0.360 e. The van der Waals surface area contributed by atoms with E-state index >= 15 is 0 Å². The van der Waals surface area contributed by atoms with Crippen molar-refractivity contribution >= 4 is 16.9 Å². The maximum atomic E-state index is 11.7. The summed E-state index contributed by atoms with van der Waals surface area (Å²) in [7, 11) is 0. The first-order chi connectivity index (χ1) is 9.79. The highest BCUT2D eigenvalue weighted by Crippen LogP contribution is 2.32. The average molecular weight is 268 g/mol. The van der Waals surface area contributed by atoms with E-state index in [1.165, 1.54) is 5.56 Å². The SMILES string of the molecule is N#CCC(=O)N1CCC(c2c[nH]c3cccnc23)CC1. The van der Waals surface area contributed by atoms with E-state index in [2.05, 4.69) is 9.97 Å². The predicted octanol–water partition coefficient (Wildman–Crippen LogP) is 2.18. The summed E-state index contributed by atoms with van der Waals surface area (Å²) in [5.41, 5.74) is 3.34. The van der Waals surface area contributed by atoms with Gasteiger partial charge in [-0.3, -0.25) is 9.78 Å². The normalized spacial score (nSPS) is 16.2. The van der Waals surface area contributed by atoms with Crippen molar-refractivity contribution in [2.45, 2.75) is 25.2 Å². The summed E-state index contributed by atoms with van der Waals surface area (Å²) in [5.74, 6) is 0.382. The Kier molecular flexibility index (Phi) is 3.38. The lowest BCUT2D eigenvalue weighted by Crippen LogP contribution is -2.37. The maximum absolute atomic E-state index is 11.7. The molecule has 0 saturated carbocycles. The molecule has 5 heteroatoms. The minimum absolute atomic E-state index is 0.0146. The zero-order valence-corrected chi connectivity index (χ0v) is 11.2. The lowest BCUT2D eigenvalue weighted by Gasteiger charge is -2.31. The number of H-pyrrole nitrogens is 1. The molecule has 2 aromatic heterocycles. The summed E-state index contributed by atoms with van der Waals surface area (Å²) >= 11 is 0. The Morgan fingerprint density at radius 2 is 2.30 bits per heavy atom. The molecule has 1 N–H and O–H groups in total. The van der Waals surface area contributed by atoms with Crippen LogP contribution < -0.4 is 0 Å². The third-order valence-corrected chi connectivity index (χ3v) is 3.98. The van der Waals surface area contributed by atoms with E-state index in [9.17, 15) is 4.79 Å². The van der Waals surface area contributed by atoms with E-state index in [1.807, 2.05) is 30.6 Å². The zero-order valence-electron chi connectivity index (χ0n) is 11.2. The summed E-state index contributed by atoms with van der Waals surface area (Å²) in [6.45, 7) is 1.45. The van der Waals surface area contributed by atoms with Crippen LogP contribution in [-0.4, -0.2) is 33.9 Å². The molecule has 0 radical (unpaired) electrons. The van der Waals surface area contributed by atoms with Crippen LogP contribution in [0.2, 0.25) is 0 Å². The minimum atomic E-state index is -0.0528. The molecule has 1 aliphatic heterocycles. The van der Waals surface area contributed by atoms with Crippen molar-refractivity contribution in [3.05, 3.63) is 30.1 Å². The number of pyridine rings is 1. The highest BCUT2D eigenvalue weighted by Gasteiger charge is 2.25. The van der Waals surface area contributed by atoms with Crippen molar-refractivity contribution in [1.82, 2.24) is 14.9 Å². The molecule has 5 nitrogen and oxygen atoms in total. The highest BCUT2D eigenvalue weighted by molar-refractivity contribution is 5.80. The van der Waals surface area contributed by atoms with E-state index in [0.29, 0.717) is 5.92 Å². The largest absolute Gasteiger partial charge is 0.360 e. The van der Waals surface area contributed by atoms with E-state index in [4.69, 9.17) is 5.26 Å². The molecule has 102 valence electrons. The number of hydrogen-bond acceptors (Lipinski definition) is 3. The number of hydrogen-bond donors (Lipinski definition) is 1. The second-order valence-corrected chi connectivity index (χ2v) is 5.13. The van der Waals surface area contributed by atoms with E-state index < -0.39 is 0 Å². The van der Waals surface area contributed by atoms with Crippen LogP contribution in [0.1, 0.15) is 30.7 Å². The summed E-state index contributed by atoms with van der Waals surface area (Å²) in [6.07, 6.45) is 5.70. The van der Waals surface area contributed by atoms with Gasteiger partial charge in [0, 0.05) is 25.5 Å². The average Bonchev–Trinajstić information content (AvgIpc) is 2.92. The van der Waals surface area contributed by atoms with Gasteiger partial charge >= 0.3 is 0 Å². The Morgan fingerprint density at radius 1 is 1.50 bits per heavy atom. The summed E-state index contributed by atoms with van der Waals surface area (Å²) < 4.78 is 0. The predicted molar refractivity (Wildman–Crippen MR) is 74.9 cm³/mol. The number of nitriles is 1. The van der Waals surface area contributed by atoms with Gasteiger partial charge in [0.2, 0.25) is 5.91 Å². The van der Waals surface area contributed by atoms with E-state index in [1.54, 1.807) is 4.90 Å². The molecule has 0 spiro atoms. The van der Waals surface area contributed by atoms with Crippen molar-refractivity contribution < 1.29 is 4.79 Å². The molecule has 1 saturated heterocycles. The fourth-order valence-corrected chi connectivity index (χ4v) is 2.91. The standard InChI is InChI=1S/C15H16N4O/c16-6-3-14(20)19-8-4-11(5-9-19)12-10-18-13-2-1-7-17-15(12)13/h1-2,7,10-11,18H,3-5,8-9H2. The zero-order chi connectivity index (χ0) is 13.9. The van der Waals surface area contributed by atoms with Gasteiger partial charge in [-0.1, -0.05) is 0 Å². The van der Waals surface area contributed by atoms with Gasteiger partial charge in [-0.15, -0.1) is 0 Å². The molecule has 0 aromatic carbocycles. The van der Waals surface area contributed by atoms with Gasteiger partial charge in [0.1, 0.15) is 6.42 Å². The number of piperidine rings is 1. The maximum Gasteiger partial charge on any atom is 0.236 e. The topological polar surface area (TPSA) is 72.8 Å². The molecule has 3 heterocycles. The van der Waals surface area contributed by atoms with E-state index in [-0.39, 0.29) is 12.3 Å². The van der Waals surface area contributed by atoms with Gasteiger partial charge < -0.3 is 9.88 Å². The molecular weight excluding hydrogens is 252 g/mol. The fraction of sp³-hybridized carbons (Fsp3) is 0.400. The van der Waals surface area contributed by atoms with Crippen molar-refractivity contribution in [2.24, 2.45) is 0 Å². The Bertz CT molecular complexity index is 662. The van der Waals surface area contributed by atoms with Gasteiger partial charge in [-0.2, -0.15) is 5.26 Å². The highest BCUT2D eigenvalue weighted by atomic mass is 16.2. The van der Waals surface area contributed by atoms with Gasteiger partial charge in [0.25, 0.3) is 0 Å². The summed E-state index contributed by atoms with van der Waals surface area (Å²) in [6, 6.07) is 5.87. The van der Waals surface area contributed by atoms with Crippen LogP contribution in [0, 0.1) is 11.3 Å². The molecule has 0 bridgehead atoms. The Balaban J connectivity index is 1.72. The molecule has 20 heavy (non-hydrogen) atoms. The van der Waals surface area contributed by atoms with Gasteiger partial charge in [-0.25, -0.2) is 0 Å². The van der Waals surface area contributed by atoms with E-state index in [0.717, 1.165) is 37.0 Å². The van der Waals surface area contributed by atoms with Crippen LogP contribution in [0.15, 0.2) is 24.5 Å². The number of carbonyl (C=O) groups excluding carboxylic acids is 1. The van der Waals surface area contributed by atoms with Crippen molar-refractivity contribution in [2.75, 3.05) is 13.1 Å². The number of nitrogens with zero attached hydrogens (tertiary/aromatic N) is 3. The number of aromatic amines is 1. The van der Waals surface area contributed by atoms with Gasteiger partial charge in [0.05, 0.1) is 17.1 Å². The first-order valence-electron chi connectivity index (χ1n) is 6.86. The van der Waals surface area contributed by atoms with Crippen LogP contribution in [0.5, 0.6) is 0 Å². The second-order valence-electron chi connectivity index (χ2n) is 5.13. The monoisotopic (exact) mass is 268 g/mol. The Hall–Kier alpha value is -2.35. The quantitative estimate of drug-likeness (QED) is 0.907. The van der Waals surface area contributed by atoms with Crippen LogP contribution in [0.25, 0.3) is 11.0 Å². The first-order valence-corrected chi connectivity index (χ1v) is 6.86. The molecule has 1 amide bonds. The molecule has 3 rings (SSSR count). The third-order valence-electron chi connectivity index (χ3n) is 3.98. The van der Waals surface area contributed by atoms with Gasteiger partial charge in [-0.05, 0) is 36.5 Å². The van der Waals surface area contributed by atoms with Crippen LogP contribution >= 0.6 is 0 Å². The molecule has 1 fully saturated rings. The lowest BCUT2D eigenvalue weighted by atomic mass is 9.90. The van der Waals surface area contributed by atoms with Gasteiger partial charge in [0.15, 0.2) is 0 Å². The third kappa shape index (κ3) is 2.25. The number of aromatic nitrogens is 2. The lowest BCUT2D eigenvalue weighted by molar-refractivity contribution is -0.131. The Labute approximate surface area is 117 Å². The number of carbonyl (C=O) groups is 1. The molecule has 0 unspecified atom stereocenters. The molecule has 0 aliphatic carbocycles. The van der Waals surface area contributed by atoms with Crippen LogP contribution in [-0.2, 0) is 4.79 Å².